The summed E-state index contributed by atoms with van der Waals surface area (Å²) in [5.41, 5.74) is 3.55. The van der Waals surface area contributed by atoms with Gasteiger partial charge in [-0.05, 0) is 52.5 Å². The van der Waals surface area contributed by atoms with Crippen LogP contribution in [-0.4, -0.2) is 24.2 Å². The van der Waals surface area contributed by atoms with Gasteiger partial charge in [-0.25, -0.2) is 0 Å². The van der Waals surface area contributed by atoms with E-state index < -0.39 is 13.7 Å². The molecule has 3 atom stereocenters. The van der Waals surface area contributed by atoms with Gasteiger partial charge in [0.2, 0.25) is 0 Å². The number of aromatic hydroxyl groups is 1. The van der Waals surface area contributed by atoms with E-state index in [1.807, 2.05) is 38.1 Å². The molecule has 1 aliphatic carbocycles. The maximum atomic E-state index is 13.2. The second kappa shape index (κ2) is 11.4. The average Bonchev–Trinajstić information content (AvgIpc) is 2.81. The molecule has 1 aliphatic heterocycles. The molecule has 0 saturated carbocycles. The van der Waals surface area contributed by atoms with Crippen molar-refractivity contribution in [2.45, 2.75) is 51.2 Å². The number of halogens is 3. The van der Waals surface area contributed by atoms with Crippen LogP contribution in [0.3, 0.4) is 0 Å². The molecule has 2 aromatic carbocycles. The lowest BCUT2D eigenvalue weighted by atomic mass is 9.94. The van der Waals surface area contributed by atoms with Crippen molar-refractivity contribution in [3.8, 4) is 5.75 Å². The Morgan fingerprint density at radius 1 is 1.17 bits per heavy atom. The van der Waals surface area contributed by atoms with Crippen LogP contribution in [0.1, 0.15) is 55.4 Å². The lowest BCUT2D eigenvalue weighted by Gasteiger charge is -2.31. The Kier molecular flexibility index (Phi) is 8.71. The van der Waals surface area contributed by atoms with Crippen LogP contribution in [0.15, 0.2) is 64.2 Å². The summed E-state index contributed by atoms with van der Waals surface area (Å²) >= 11 is 19.3. The van der Waals surface area contributed by atoms with E-state index in [0.29, 0.717) is 41.0 Å². The zero-order valence-corrected chi connectivity index (χ0v) is 22.7. The summed E-state index contributed by atoms with van der Waals surface area (Å²) in [5.74, 6) is 0.474. The van der Waals surface area contributed by atoms with Gasteiger partial charge in [-0.1, -0.05) is 72.9 Å². The molecule has 9 heteroatoms. The van der Waals surface area contributed by atoms with Gasteiger partial charge in [-0.15, -0.1) is 0 Å². The summed E-state index contributed by atoms with van der Waals surface area (Å²) in [4.78, 5) is 0. The SMILES string of the molecule is CC(C)c1cc(CC2=C(Cl)C[C@H](OC[P@@]3(=O)OCC[C@@H](c4cccc(Cl)c4)O3)C=C2Cl)ccc1O. The highest BCUT2D eigenvalue weighted by molar-refractivity contribution is 7.53. The van der Waals surface area contributed by atoms with Crippen molar-refractivity contribution in [3.63, 3.8) is 0 Å². The molecule has 0 bridgehead atoms. The van der Waals surface area contributed by atoms with Crippen LogP contribution in [0.2, 0.25) is 5.02 Å². The molecule has 0 spiro atoms. The maximum Gasteiger partial charge on any atom is 0.356 e. The van der Waals surface area contributed by atoms with E-state index >= 15 is 0 Å². The molecule has 1 fully saturated rings. The second-order valence-corrected chi connectivity index (χ2v) is 12.3. The minimum absolute atomic E-state index is 0.194. The van der Waals surface area contributed by atoms with E-state index in [1.54, 1.807) is 24.3 Å². The average molecular weight is 558 g/mol. The zero-order valence-electron chi connectivity index (χ0n) is 19.5. The summed E-state index contributed by atoms with van der Waals surface area (Å²) in [6.07, 6.45) is 2.26. The van der Waals surface area contributed by atoms with Gasteiger partial charge in [-0.2, -0.15) is 0 Å². The molecule has 4 rings (SSSR count). The quantitative estimate of drug-likeness (QED) is 0.346. The highest BCUT2D eigenvalue weighted by Crippen LogP contribution is 2.56. The molecule has 1 heterocycles. The summed E-state index contributed by atoms with van der Waals surface area (Å²) in [6, 6.07) is 12.8. The van der Waals surface area contributed by atoms with Crippen molar-refractivity contribution in [2.75, 3.05) is 13.0 Å². The Hall–Kier alpha value is -1.30. The Balaban J connectivity index is 1.39. The van der Waals surface area contributed by atoms with Gasteiger partial charge in [0.25, 0.3) is 0 Å². The van der Waals surface area contributed by atoms with E-state index in [-0.39, 0.29) is 24.1 Å². The lowest BCUT2D eigenvalue weighted by Crippen LogP contribution is -2.20. The van der Waals surface area contributed by atoms with Crippen LogP contribution in [0.25, 0.3) is 0 Å². The maximum absolute atomic E-state index is 13.2. The van der Waals surface area contributed by atoms with Crippen molar-refractivity contribution in [2.24, 2.45) is 0 Å². The van der Waals surface area contributed by atoms with Crippen molar-refractivity contribution in [3.05, 3.63) is 85.9 Å². The van der Waals surface area contributed by atoms with Gasteiger partial charge in [0, 0.05) is 34.3 Å². The van der Waals surface area contributed by atoms with E-state index in [0.717, 1.165) is 22.3 Å². The number of ether oxygens (including phenoxy) is 1. The molecule has 2 aliphatic rings. The van der Waals surface area contributed by atoms with Crippen LogP contribution in [0, 0.1) is 0 Å². The van der Waals surface area contributed by atoms with Gasteiger partial charge in [0.05, 0.1) is 18.8 Å². The van der Waals surface area contributed by atoms with Gasteiger partial charge >= 0.3 is 7.60 Å². The van der Waals surface area contributed by atoms with Gasteiger partial charge in [-0.3, -0.25) is 9.09 Å². The van der Waals surface area contributed by atoms with E-state index in [4.69, 9.17) is 48.6 Å². The fraction of sp³-hybridized carbons (Fsp3) is 0.385. The molecule has 2 aromatic rings. The summed E-state index contributed by atoms with van der Waals surface area (Å²) in [6.45, 7) is 4.36. The minimum atomic E-state index is -3.47. The molecule has 1 saturated heterocycles. The summed E-state index contributed by atoms with van der Waals surface area (Å²) < 4.78 is 30.4. The first kappa shape index (κ1) is 26.8. The first-order chi connectivity index (χ1) is 16.6. The van der Waals surface area contributed by atoms with Crippen LogP contribution in [-0.2, 0) is 24.8 Å². The minimum Gasteiger partial charge on any atom is -0.508 e. The Morgan fingerprint density at radius 3 is 2.69 bits per heavy atom. The normalized spacial score (nSPS) is 25.1. The smallest absolute Gasteiger partial charge is 0.356 e. The van der Waals surface area contributed by atoms with Gasteiger partial charge in [0.1, 0.15) is 12.1 Å². The van der Waals surface area contributed by atoms with E-state index in [2.05, 4.69) is 0 Å². The lowest BCUT2D eigenvalue weighted by molar-refractivity contribution is 0.0457. The number of rotatable bonds is 7. The van der Waals surface area contributed by atoms with Crippen molar-refractivity contribution < 1.29 is 23.5 Å². The predicted molar refractivity (Wildman–Crippen MR) is 141 cm³/mol. The van der Waals surface area contributed by atoms with Crippen LogP contribution in [0.5, 0.6) is 5.75 Å². The number of allylic oxidation sites excluding steroid dienone is 2. The molecule has 5 nitrogen and oxygen atoms in total. The zero-order chi connectivity index (χ0) is 25.2. The standard InChI is InChI=1S/C26H28Cl3O5P/c1-16(2)21-10-17(6-7-25(21)30)11-22-23(28)13-20(14-24(22)29)32-15-35(31)33-9-8-26(34-35)18-4-3-5-19(27)12-18/h3-7,10,12-13,16,20,26,30H,8-9,11,14-15H2,1-2H3/t20-,26+,35-/m1/s1. The Morgan fingerprint density at radius 2 is 1.97 bits per heavy atom. The number of phenolic OH excluding ortho intramolecular Hbond substituents is 1. The highest BCUT2D eigenvalue weighted by atomic mass is 35.5. The fourth-order valence-electron chi connectivity index (χ4n) is 4.18. The topological polar surface area (TPSA) is 65.0 Å². The third kappa shape index (κ3) is 6.72. The monoisotopic (exact) mass is 556 g/mol. The number of hydrogen-bond acceptors (Lipinski definition) is 5. The Bertz CT molecular complexity index is 1190. The number of benzene rings is 2. The second-order valence-electron chi connectivity index (χ2n) is 9.04. The third-order valence-electron chi connectivity index (χ3n) is 6.05. The first-order valence-corrected chi connectivity index (χ1v) is 14.4. The van der Waals surface area contributed by atoms with Crippen LogP contribution in [0.4, 0.5) is 0 Å². The molecule has 35 heavy (non-hydrogen) atoms. The molecule has 0 aromatic heterocycles. The van der Waals surface area contributed by atoms with Gasteiger partial charge in [0.15, 0.2) is 0 Å². The largest absolute Gasteiger partial charge is 0.508 e. The fourth-order valence-corrected chi connectivity index (χ4v) is 6.64. The first-order valence-electron chi connectivity index (χ1n) is 11.5. The van der Waals surface area contributed by atoms with Gasteiger partial charge < -0.3 is 14.4 Å². The number of phenols is 1. The molecule has 0 radical (unpaired) electrons. The molecular weight excluding hydrogens is 530 g/mol. The predicted octanol–water partition coefficient (Wildman–Crippen LogP) is 8.44. The van der Waals surface area contributed by atoms with Crippen molar-refractivity contribution in [1.29, 1.82) is 0 Å². The van der Waals surface area contributed by atoms with Crippen LogP contribution < -0.4 is 0 Å². The summed E-state index contributed by atoms with van der Waals surface area (Å²) in [7, 11) is -3.47. The molecule has 0 unspecified atom stereocenters. The molecule has 0 amide bonds. The molecular formula is C26H28Cl3O5P. The Labute approximate surface area is 221 Å². The highest BCUT2D eigenvalue weighted by Gasteiger charge is 2.36. The van der Waals surface area contributed by atoms with E-state index in [9.17, 15) is 9.67 Å². The summed E-state index contributed by atoms with van der Waals surface area (Å²) in [5, 5.41) is 11.8. The van der Waals surface area contributed by atoms with Crippen molar-refractivity contribution in [1.82, 2.24) is 0 Å². The molecule has 188 valence electrons. The van der Waals surface area contributed by atoms with E-state index in [1.165, 1.54) is 0 Å². The molecule has 1 N–H and O–H groups in total. The van der Waals surface area contributed by atoms with Crippen molar-refractivity contribution >= 4 is 42.4 Å². The third-order valence-corrected chi connectivity index (χ3v) is 8.63. The number of hydrogen-bond donors (Lipinski definition) is 1. The van der Waals surface area contributed by atoms with Crippen LogP contribution >= 0.6 is 42.4 Å².